The van der Waals surface area contributed by atoms with Crippen LogP contribution in [0.25, 0.3) is 11.0 Å². The molecule has 4 heteroatoms. The Kier molecular flexibility index (Phi) is 3.22. The van der Waals surface area contributed by atoms with Crippen LogP contribution in [0.4, 0.5) is 4.39 Å². The summed E-state index contributed by atoms with van der Waals surface area (Å²) in [5.74, 6) is -0.289. The summed E-state index contributed by atoms with van der Waals surface area (Å²) in [6, 6.07) is 8.86. The third-order valence-electron chi connectivity index (χ3n) is 3.63. The van der Waals surface area contributed by atoms with Crippen LogP contribution in [-0.4, -0.2) is 9.55 Å². The first-order valence-electron chi connectivity index (χ1n) is 6.41. The Balaban J connectivity index is 2.10. The van der Waals surface area contributed by atoms with E-state index in [2.05, 4.69) is 24.9 Å². The monoisotopic (exact) mass is 288 g/mol. The van der Waals surface area contributed by atoms with E-state index >= 15 is 0 Å². The molecule has 2 aromatic carbocycles. The Morgan fingerprint density at radius 2 is 1.95 bits per heavy atom. The molecule has 102 valence electrons. The lowest BCUT2D eigenvalue weighted by Crippen LogP contribution is -2.01. The number of fused-ring (bicyclic) bond motifs is 1. The van der Waals surface area contributed by atoms with Gasteiger partial charge in [-0.3, -0.25) is 0 Å². The number of nitrogens with zero attached hydrogens (tertiary/aromatic N) is 2. The quantitative estimate of drug-likeness (QED) is 0.679. The fraction of sp³-hybridized carbons (Fsp3) is 0.188. The summed E-state index contributed by atoms with van der Waals surface area (Å²) in [6.45, 7) is 4.49. The summed E-state index contributed by atoms with van der Waals surface area (Å²) in [5.41, 5.74) is 4.80. The van der Waals surface area contributed by atoms with Gasteiger partial charge in [0.25, 0.3) is 0 Å². The zero-order chi connectivity index (χ0) is 14.3. The van der Waals surface area contributed by atoms with Gasteiger partial charge in [0.1, 0.15) is 5.82 Å². The van der Waals surface area contributed by atoms with Crippen molar-refractivity contribution in [3.63, 3.8) is 0 Å². The average Bonchev–Trinajstić information content (AvgIpc) is 2.77. The molecule has 0 bridgehead atoms. The van der Waals surface area contributed by atoms with Crippen LogP contribution in [-0.2, 0) is 6.54 Å². The van der Waals surface area contributed by atoms with Crippen LogP contribution in [0, 0.1) is 19.7 Å². The first-order chi connectivity index (χ1) is 9.56. The standard InChI is InChI=1S/C16H14ClFN2/c1-10-6-15-16(7-11(10)2)20(9-19-15)8-12-13(17)4-3-5-14(12)18/h3-7,9H,8H2,1-2H3. The molecule has 2 nitrogen and oxygen atoms in total. The zero-order valence-electron chi connectivity index (χ0n) is 11.3. The van der Waals surface area contributed by atoms with E-state index in [-0.39, 0.29) is 5.82 Å². The largest absolute Gasteiger partial charge is 0.326 e. The SMILES string of the molecule is Cc1cc2ncn(Cc3c(F)cccc3Cl)c2cc1C. The molecule has 0 saturated carbocycles. The van der Waals surface area contributed by atoms with Gasteiger partial charge in [0.15, 0.2) is 0 Å². The van der Waals surface area contributed by atoms with E-state index in [0.717, 1.165) is 11.0 Å². The first-order valence-corrected chi connectivity index (χ1v) is 6.79. The van der Waals surface area contributed by atoms with Gasteiger partial charge in [-0.2, -0.15) is 0 Å². The van der Waals surface area contributed by atoms with Crippen molar-refractivity contribution in [2.24, 2.45) is 0 Å². The molecule has 0 atom stereocenters. The van der Waals surface area contributed by atoms with Gasteiger partial charge in [-0.25, -0.2) is 9.37 Å². The molecular weight excluding hydrogens is 275 g/mol. The van der Waals surface area contributed by atoms with Gasteiger partial charge < -0.3 is 4.57 Å². The minimum atomic E-state index is -0.289. The van der Waals surface area contributed by atoms with Crippen LogP contribution in [0.3, 0.4) is 0 Å². The van der Waals surface area contributed by atoms with Gasteiger partial charge >= 0.3 is 0 Å². The summed E-state index contributed by atoms with van der Waals surface area (Å²) in [7, 11) is 0. The fourth-order valence-electron chi connectivity index (χ4n) is 2.29. The lowest BCUT2D eigenvalue weighted by molar-refractivity contribution is 0.601. The molecule has 0 spiro atoms. The molecule has 0 fully saturated rings. The molecule has 0 radical (unpaired) electrons. The lowest BCUT2D eigenvalue weighted by Gasteiger charge is -2.09. The average molecular weight is 289 g/mol. The Hall–Kier alpha value is -1.87. The number of hydrogen-bond donors (Lipinski definition) is 0. The maximum atomic E-state index is 13.9. The van der Waals surface area contributed by atoms with Crippen LogP contribution in [0.15, 0.2) is 36.7 Å². The van der Waals surface area contributed by atoms with Gasteiger partial charge in [-0.05, 0) is 49.2 Å². The summed E-state index contributed by atoms with van der Waals surface area (Å²) in [6.07, 6.45) is 1.73. The highest BCUT2D eigenvalue weighted by atomic mass is 35.5. The van der Waals surface area contributed by atoms with E-state index in [1.165, 1.54) is 17.2 Å². The second-order valence-electron chi connectivity index (χ2n) is 5.00. The van der Waals surface area contributed by atoms with Gasteiger partial charge in [-0.15, -0.1) is 0 Å². The molecule has 1 aromatic heterocycles. The number of hydrogen-bond acceptors (Lipinski definition) is 1. The molecule has 0 aliphatic heterocycles. The van der Waals surface area contributed by atoms with Crippen molar-refractivity contribution in [2.75, 3.05) is 0 Å². The molecule has 20 heavy (non-hydrogen) atoms. The lowest BCUT2D eigenvalue weighted by atomic mass is 10.1. The topological polar surface area (TPSA) is 17.8 Å². The van der Waals surface area contributed by atoms with Crippen molar-refractivity contribution >= 4 is 22.6 Å². The van der Waals surface area contributed by atoms with Gasteiger partial charge in [-0.1, -0.05) is 17.7 Å². The van der Waals surface area contributed by atoms with Gasteiger partial charge in [0, 0.05) is 10.6 Å². The van der Waals surface area contributed by atoms with E-state index in [4.69, 9.17) is 11.6 Å². The van der Waals surface area contributed by atoms with E-state index in [0.29, 0.717) is 17.1 Å². The summed E-state index contributed by atoms with van der Waals surface area (Å²) >= 11 is 6.08. The second-order valence-corrected chi connectivity index (χ2v) is 5.41. The van der Waals surface area contributed by atoms with Crippen molar-refractivity contribution in [1.82, 2.24) is 9.55 Å². The smallest absolute Gasteiger partial charge is 0.129 e. The Labute approximate surface area is 121 Å². The predicted molar refractivity (Wildman–Crippen MR) is 79.7 cm³/mol. The molecule has 1 heterocycles. The van der Waals surface area contributed by atoms with Crippen molar-refractivity contribution in [1.29, 1.82) is 0 Å². The Morgan fingerprint density at radius 3 is 2.70 bits per heavy atom. The van der Waals surface area contributed by atoms with E-state index < -0.39 is 0 Å². The highest BCUT2D eigenvalue weighted by Crippen LogP contribution is 2.23. The second kappa shape index (κ2) is 4.91. The highest BCUT2D eigenvalue weighted by molar-refractivity contribution is 6.31. The number of rotatable bonds is 2. The predicted octanol–water partition coefficient (Wildman–Crippen LogP) is 4.49. The fourth-order valence-corrected chi connectivity index (χ4v) is 2.52. The van der Waals surface area contributed by atoms with E-state index in [1.807, 2.05) is 10.6 Å². The molecule has 0 unspecified atom stereocenters. The zero-order valence-corrected chi connectivity index (χ0v) is 12.1. The van der Waals surface area contributed by atoms with Crippen LogP contribution in [0.5, 0.6) is 0 Å². The van der Waals surface area contributed by atoms with Crippen LogP contribution >= 0.6 is 11.6 Å². The number of benzene rings is 2. The maximum Gasteiger partial charge on any atom is 0.129 e. The van der Waals surface area contributed by atoms with Crippen molar-refractivity contribution in [2.45, 2.75) is 20.4 Å². The van der Waals surface area contributed by atoms with Crippen LogP contribution in [0.2, 0.25) is 5.02 Å². The molecule has 0 aliphatic rings. The molecule has 0 saturated heterocycles. The molecule has 0 amide bonds. The highest BCUT2D eigenvalue weighted by Gasteiger charge is 2.10. The number of aromatic nitrogens is 2. The van der Waals surface area contributed by atoms with Crippen molar-refractivity contribution in [3.05, 3.63) is 64.2 Å². The van der Waals surface area contributed by atoms with Gasteiger partial charge in [0.2, 0.25) is 0 Å². The number of aryl methyl sites for hydroxylation is 2. The van der Waals surface area contributed by atoms with Crippen molar-refractivity contribution < 1.29 is 4.39 Å². The van der Waals surface area contributed by atoms with Gasteiger partial charge in [0.05, 0.1) is 23.9 Å². The molecule has 3 aromatic rings. The summed E-state index contributed by atoms with van der Waals surface area (Å²) in [4.78, 5) is 4.37. The first kappa shape index (κ1) is 13.1. The summed E-state index contributed by atoms with van der Waals surface area (Å²) < 4.78 is 15.8. The Morgan fingerprint density at radius 1 is 1.20 bits per heavy atom. The molecular formula is C16H14ClFN2. The van der Waals surface area contributed by atoms with Crippen LogP contribution < -0.4 is 0 Å². The third kappa shape index (κ3) is 2.18. The van der Waals surface area contributed by atoms with E-state index in [1.54, 1.807) is 18.5 Å². The van der Waals surface area contributed by atoms with Crippen LogP contribution in [0.1, 0.15) is 16.7 Å². The number of halogens is 2. The minimum absolute atomic E-state index is 0.289. The Bertz CT molecular complexity index is 772. The normalized spacial score (nSPS) is 11.2. The molecule has 0 N–H and O–H groups in total. The number of imidazole rings is 1. The third-order valence-corrected chi connectivity index (χ3v) is 3.98. The molecule has 0 aliphatic carbocycles. The minimum Gasteiger partial charge on any atom is -0.326 e. The maximum absolute atomic E-state index is 13.9. The van der Waals surface area contributed by atoms with E-state index in [9.17, 15) is 4.39 Å². The van der Waals surface area contributed by atoms with Crippen molar-refractivity contribution in [3.8, 4) is 0 Å². The molecule has 3 rings (SSSR count). The summed E-state index contributed by atoms with van der Waals surface area (Å²) in [5, 5.41) is 0.440.